The zero-order valence-electron chi connectivity index (χ0n) is 18.3. The normalized spacial score (nSPS) is 14.6. The fraction of sp³-hybridized carbons (Fsp3) is 0.280. The lowest BCUT2D eigenvalue weighted by atomic mass is 10.1. The fourth-order valence-corrected chi connectivity index (χ4v) is 3.47. The molecule has 2 heterocycles. The molecule has 0 unspecified atom stereocenters. The van der Waals surface area contributed by atoms with Gasteiger partial charge in [-0.1, -0.05) is 24.3 Å². The topological polar surface area (TPSA) is 63.7 Å². The third kappa shape index (κ3) is 6.55. The van der Waals surface area contributed by atoms with Crippen LogP contribution in [0, 0.1) is 0 Å². The van der Waals surface area contributed by atoms with Gasteiger partial charge in [-0.15, -0.1) is 0 Å². The number of hydrogen-bond acceptors (Lipinski definition) is 5. The summed E-state index contributed by atoms with van der Waals surface area (Å²) in [6.45, 7) is 4.67. The predicted octanol–water partition coefficient (Wildman–Crippen LogP) is 4.65. The van der Waals surface area contributed by atoms with Crippen LogP contribution in [0.4, 0.5) is 13.2 Å². The number of carbonyl (C=O) groups excluding carboxylic acids is 1. The second kappa shape index (κ2) is 10.7. The Morgan fingerprint density at radius 3 is 2.26 bits per heavy atom. The summed E-state index contributed by atoms with van der Waals surface area (Å²) in [5, 5.41) is 2.88. The Hall–Kier alpha value is -3.43. The van der Waals surface area contributed by atoms with Crippen LogP contribution in [0.25, 0.3) is 0 Å². The molecule has 178 valence electrons. The van der Waals surface area contributed by atoms with Crippen molar-refractivity contribution in [1.29, 1.82) is 0 Å². The number of amides is 1. The molecule has 1 amide bonds. The van der Waals surface area contributed by atoms with Gasteiger partial charge in [0.15, 0.2) is 0 Å². The van der Waals surface area contributed by atoms with Gasteiger partial charge in [-0.25, -0.2) is 4.98 Å². The van der Waals surface area contributed by atoms with Gasteiger partial charge >= 0.3 is 6.18 Å². The number of ether oxygens (including phenoxy) is 2. The molecule has 1 aliphatic rings. The minimum absolute atomic E-state index is 0.0299. The maximum absolute atomic E-state index is 12.6. The quantitative estimate of drug-likeness (QED) is 0.543. The third-order valence-corrected chi connectivity index (χ3v) is 5.39. The summed E-state index contributed by atoms with van der Waals surface area (Å²) >= 11 is 0. The highest BCUT2D eigenvalue weighted by Gasteiger charge is 2.30. The molecule has 0 saturated carbocycles. The molecule has 1 N–H and O–H groups in total. The Balaban J connectivity index is 1.26. The lowest BCUT2D eigenvalue weighted by molar-refractivity contribution is -0.137. The van der Waals surface area contributed by atoms with Crippen molar-refractivity contribution in [2.75, 3.05) is 26.3 Å². The molecular weight excluding hydrogens is 447 g/mol. The first kappa shape index (κ1) is 23.7. The van der Waals surface area contributed by atoms with Gasteiger partial charge in [0.05, 0.1) is 18.8 Å². The van der Waals surface area contributed by atoms with Crippen molar-refractivity contribution in [3.05, 3.63) is 89.1 Å². The standard InChI is InChI=1S/C25H24F3N3O3/c26-25(27,28)21-7-10-23(29-16-21)34-22-8-5-20(6-9-22)24(32)30-15-18-1-3-19(4-2-18)17-31-11-13-33-14-12-31/h1-10,16H,11-15,17H2,(H,30,32). The number of pyridine rings is 1. The average Bonchev–Trinajstić information content (AvgIpc) is 2.84. The fourth-order valence-electron chi connectivity index (χ4n) is 3.47. The van der Waals surface area contributed by atoms with E-state index in [1.54, 1.807) is 24.3 Å². The molecule has 0 atom stereocenters. The van der Waals surface area contributed by atoms with Crippen LogP contribution in [0.15, 0.2) is 66.9 Å². The molecule has 34 heavy (non-hydrogen) atoms. The molecule has 1 aliphatic heterocycles. The van der Waals surface area contributed by atoms with Gasteiger partial charge < -0.3 is 14.8 Å². The number of nitrogens with zero attached hydrogens (tertiary/aromatic N) is 2. The van der Waals surface area contributed by atoms with E-state index >= 15 is 0 Å². The second-order valence-corrected chi connectivity index (χ2v) is 7.90. The molecule has 0 radical (unpaired) electrons. The first-order chi connectivity index (χ1) is 16.4. The Labute approximate surface area is 195 Å². The Bertz CT molecular complexity index is 1080. The predicted molar refractivity (Wildman–Crippen MR) is 119 cm³/mol. The van der Waals surface area contributed by atoms with E-state index in [-0.39, 0.29) is 11.8 Å². The summed E-state index contributed by atoms with van der Waals surface area (Å²) in [6.07, 6.45) is -3.74. The maximum atomic E-state index is 12.6. The van der Waals surface area contributed by atoms with Crippen molar-refractivity contribution in [3.8, 4) is 11.6 Å². The van der Waals surface area contributed by atoms with Crippen LogP contribution >= 0.6 is 0 Å². The number of rotatable bonds is 7. The number of benzene rings is 2. The highest BCUT2D eigenvalue weighted by atomic mass is 19.4. The summed E-state index contributed by atoms with van der Waals surface area (Å²) in [7, 11) is 0. The Kier molecular flexibility index (Phi) is 7.44. The number of alkyl halides is 3. The molecule has 0 bridgehead atoms. The van der Waals surface area contributed by atoms with E-state index in [4.69, 9.17) is 9.47 Å². The third-order valence-electron chi connectivity index (χ3n) is 5.39. The van der Waals surface area contributed by atoms with Crippen LogP contribution in [-0.2, 0) is 24.0 Å². The first-order valence-corrected chi connectivity index (χ1v) is 10.8. The molecule has 6 nitrogen and oxygen atoms in total. The minimum atomic E-state index is -4.45. The first-order valence-electron chi connectivity index (χ1n) is 10.8. The highest BCUT2D eigenvalue weighted by Crippen LogP contribution is 2.30. The van der Waals surface area contributed by atoms with Gasteiger partial charge in [-0.3, -0.25) is 9.69 Å². The summed E-state index contributed by atoms with van der Waals surface area (Å²) in [5.74, 6) is 0.151. The molecule has 3 aromatic rings. The van der Waals surface area contributed by atoms with Crippen molar-refractivity contribution in [2.24, 2.45) is 0 Å². The van der Waals surface area contributed by atoms with E-state index in [0.29, 0.717) is 24.1 Å². The van der Waals surface area contributed by atoms with Crippen LogP contribution in [0.1, 0.15) is 27.0 Å². The van der Waals surface area contributed by atoms with E-state index in [1.807, 2.05) is 12.1 Å². The van der Waals surface area contributed by atoms with Crippen molar-refractivity contribution in [1.82, 2.24) is 15.2 Å². The van der Waals surface area contributed by atoms with Crippen LogP contribution < -0.4 is 10.1 Å². The Morgan fingerprint density at radius 2 is 1.65 bits per heavy atom. The zero-order chi connectivity index (χ0) is 24.0. The van der Waals surface area contributed by atoms with Gasteiger partial charge in [0, 0.05) is 44.0 Å². The summed E-state index contributed by atoms with van der Waals surface area (Å²) in [6, 6.07) is 16.5. The van der Waals surface area contributed by atoms with E-state index in [0.717, 1.165) is 50.5 Å². The molecule has 0 spiro atoms. The molecule has 1 aromatic heterocycles. The average molecular weight is 471 g/mol. The number of aromatic nitrogens is 1. The minimum Gasteiger partial charge on any atom is -0.439 e. The Morgan fingerprint density at radius 1 is 0.971 bits per heavy atom. The van der Waals surface area contributed by atoms with Crippen molar-refractivity contribution in [3.63, 3.8) is 0 Å². The molecule has 4 rings (SSSR count). The van der Waals surface area contributed by atoms with Crippen molar-refractivity contribution < 1.29 is 27.4 Å². The molecule has 0 aliphatic carbocycles. The van der Waals surface area contributed by atoms with E-state index < -0.39 is 11.7 Å². The van der Waals surface area contributed by atoms with Crippen LogP contribution in [0.5, 0.6) is 11.6 Å². The summed E-state index contributed by atoms with van der Waals surface area (Å²) in [4.78, 5) is 18.5. The smallest absolute Gasteiger partial charge is 0.417 e. The van der Waals surface area contributed by atoms with Gasteiger partial charge in [-0.2, -0.15) is 13.2 Å². The summed E-state index contributed by atoms with van der Waals surface area (Å²) < 4.78 is 48.7. The van der Waals surface area contributed by atoms with Crippen LogP contribution in [0.2, 0.25) is 0 Å². The van der Waals surface area contributed by atoms with Crippen molar-refractivity contribution in [2.45, 2.75) is 19.3 Å². The van der Waals surface area contributed by atoms with E-state index in [2.05, 4.69) is 27.3 Å². The monoisotopic (exact) mass is 471 g/mol. The highest BCUT2D eigenvalue weighted by molar-refractivity contribution is 5.94. The largest absolute Gasteiger partial charge is 0.439 e. The number of morpholine rings is 1. The molecular formula is C25H24F3N3O3. The SMILES string of the molecule is O=C(NCc1ccc(CN2CCOCC2)cc1)c1ccc(Oc2ccc(C(F)(F)F)cn2)cc1. The van der Waals surface area contributed by atoms with E-state index in [9.17, 15) is 18.0 Å². The van der Waals surface area contributed by atoms with Gasteiger partial charge in [0.25, 0.3) is 5.91 Å². The summed E-state index contributed by atoms with van der Waals surface area (Å²) in [5.41, 5.74) is 1.80. The number of nitrogens with one attached hydrogen (secondary N) is 1. The van der Waals surface area contributed by atoms with Gasteiger partial charge in [0.1, 0.15) is 5.75 Å². The van der Waals surface area contributed by atoms with Crippen LogP contribution in [0.3, 0.4) is 0 Å². The lowest BCUT2D eigenvalue weighted by Crippen LogP contribution is -2.35. The van der Waals surface area contributed by atoms with Crippen molar-refractivity contribution >= 4 is 5.91 Å². The van der Waals surface area contributed by atoms with Crippen LogP contribution in [-0.4, -0.2) is 42.1 Å². The van der Waals surface area contributed by atoms with Gasteiger partial charge in [0.2, 0.25) is 5.88 Å². The second-order valence-electron chi connectivity index (χ2n) is 7.90. The molecule has 2 aromatic carbocycles. The zero-order valence-corrected chi connectivity index (χ0v) is 18.3. The number of halogens is 3. The number of hydrogen-bond donors (Lipinski definition) is 1. The van der Waals surface area contributed by atoms with Gasteiger partial charge in [-0.05, 0) is 41.5 Å². The lowest BCUT2D eigenvalue weighted by Gasteiger charge is -2.26. The number of carbonyl (C=O) groups is 1. The molecule has 1 saturated heterocycles. The molecule has 1 fully saturated rings. The molecule has 9 heteroatoms. The van der Waals surface area contributed by atoms with E-state index in [1.165, 1.54) is 5.56 Å². The maximum Gasteiger partial charge on any atom is 0.417 e.